The van der Waals surface area contributed by atoms with Gasteiger partial charge in [0, 0.05) is 91.2 Å². The lowest BCUT2D eigenvalue weighted by Crippen LogP contribution is -2.51. The summed E-state index contributed by atoms with van der Waals surface area (Å²) in [5.41, 5.74) is 9.97. The standard InChI is InChI=1S/C31H41FN6O4Si.C21H24FN5O3Si.C9H18N2O2/c1-31(2,3)42-26(39)14-19-12-21(13-19)34-30(40)23-17-38(18-41-10-11-43(5,6)7)29-28(23)35-24(16-33-29)27-22-9-8-20(32)15-25(22)37(4)36-27;1-26-17-9-13(22)5-6-14(17)18(25-26)16-10-23-20-19(24-16)15(21(28)29)11-27(20)12-30-7-8-31(2,3)4;1-9(2,3)13-8(12)11-7-4-6(10)5-7/h8-9,15-17,19,21H,10-14,18H2,1-7H3,(H,34,40);5-6,9-11H,7-8,12H2,1-4H3,(H,28,29);6-7H,4-5,10H2,1-3H3,(H,11,12). The molecule has 5 N–H and O–H groups in total. The van der Waals surface area contributed by atoms with E-state index in [-0.39, 0.29) is 78.2 Å². The van der Waals surface area contributed by atoms with Crippen LogP contribution in [0.15, 0.2) is 61.2 Å². The Balaban J connectivity index is 0.000000193. The molecular weight excluding hydrogens is 1150 g/mol. The summed E-state index contributed by atoms with van der Waals surface area (Å²) in [6.45, 7) is 26.5. The molecule has 26 heteroatoms. The third-order valence-electron chi connectivity index (χ3n) is 14.5. The van der Waals surface area contributed by atoms with Crippen LogP contribution >= 0.6 is 0 Å². The predicted molar refractivity (Wildman–Crippen MR) is 334 cm³/mol. The Hall–Kier alpha value is -7.53. The normalized spacial score (nSPS) is 17.0. The van der Waals surface area contributed by atoms with E-state index in [1.807, 2.05) is 46.1 Å². The second-order valence-electron chi connectivity index (χ2n) is 27.0. The molecule has 87 heavy (non-hydrogen) atoms. The molecule has 6 heterocycles. The number of aryl methyl sites for hydroxylation is 2. The molecule has 10 rings (SSSR count). The number of fused-ring (bicyclic) bond motifs is 4. The van der Waals surface area contributed by atoms with Gasteiger partial charge in [-0.2, -0.15) is 10.2 Å². The number of nitrogens with two attached hydrogens (primary N) is 1. The average Bonchev–Trinajstić information content (AvgIpc) is 1.84. The van der Waals surface area contributed by atoms with Gasteiger partial charge in [-0.3, -0.25) is 19.0 Å². The maximum Gasteiger partial charge on any atom is 0.407 e. The molecule has 6 aromatic heterocycles. The minimum absolute atomic E-state index is 0.0443. The number of aromatic carboxylic acids is 1. The molecule has 22 nitrogen and oxygen atoms in total. The number of esters is 1. The summed E-state index contributed by atoms with van der Waals surface area (Å²) >= 11 is 0. The SMILES string of the molecule is CC(C)(C)OC(=O)NC1CC(N)C1.Cn1nc(-c2cnc3c(n2)c(C(=O)NC2CC(CC(=O)OC(C)(C)C)C2)cn3COCC[Si](C)(C)C)c2ccc(F)cc21.Cn1nc(-c2cnc3c(n2)c(C(=O)O)cn3COCC[Si](C)(C)C)c2ccc(F)cc21. The number of carboxylic acids is 1. The van der Waals surface area contributed by atoms with Gasteiger partial charge in [0.25, 0.3) is 5.91 Å². The Morgan fingerprint density at radius 2 is 1.11 bits per heavy atom. The van der Waals surface area contributed by atoms with Gasteiger partial charge in [-0.15, -0.1) is 0 Å². The van der Waals surface area contributed by atoms with Gasteiger partial charge < -0.3 is 49.6 Å². The van der Waals surface area contributed by atoms with Gasteiger partial charge in [-0.1, -0.05) is 39.3 Å². The highest BCUT2D eigenvalue weighted by Crippen LogP contribution is 2.34. The molecule has 0 saturated heterocycles. The number of hydrogen-bond donors (Lipinski definition) is 4. The molecule has 2 aliphatic rings. The summed E-state index contributed by atoms with van der Waals surface area (Å²) < 4.78 is 56.5. The lowest BCUT2D eigenvalue weighted by molar-refractivity contribution is -0.156. The van der Waals surface area contributed by atoms with Crippen molar-refractivity contribution in [3.8, 4) is 22.8 Å². The van der Waals surface area contributed by atoms with Gasteiger partial charge >= 0.3 is 18.0 Å². The first kappa shape index (κ1) is 65.4. The zero-order chi connectivity index (χ0) is 63.5. The van der Waals surface area contributed by atoms with Crippen LogP contribution < -0.4 is 16.4 Å². The number of aromatic nitrogens is 10. The van der Waals surface area contributed by atoms with Gasteiger partial charge in [0.2, 0.25) is 0 Å². The smallest absolute Gasteiger partial charge is 0.407 e. The summed E-state index contributed by atoms with van der Waals surface area (Å²) in [7, 11) is 0.983. The first-order chi connectivity index (χ1) is 40.7. The number of carboxylic acid groups (broad SMARTS) is 1. The lowest BCUT2D eigenvalue weighted by atomic mass is 9.78. The Labute approximate surface area is 506 Å². The van der Waals surface area contributed by atoms with Crippen molar-refractivity contribution in [1.82, 2.24) is 59.3 Å². The number of carbonyl (C=O) groups is 4. The molecule has 0 atom stereocenters. The Morgan fingerprint density at radius 3 is 1.55 bits per heavy atom. The van der Waals surface area contributed by atoms with E-state index < -0.39 is 33.3 Å². The molecule has 0 spiro atoms. The molecular formula is C61H83F2N13O9Si2. The molecule has 468 valence electrons. The third-order valence-corrected chi connectivity index (χ3v) is 17.9. The fourth-order valence-corrected chi connectivity index (χ4v) is 11.4. The van der Waals surface area contributed by atoms with Crippen LogP contribution in [0.3, 0.4) is 0 Å². The van der Waals surface area contributed by atoms with E-state index >= 15 is 0 Å². The highest BCUT2D eigenvalue weighted by molar-refractivity contribution is 6.76. The monoisotopic (exact) mass is 1240 g/mol. The number of amides is 2. The van der Waals surface area contributed by atoms with Crippen LogP contribution in [0, 0.1) is 17.6 Å². The number of carbonyl (C=O) groups excluding carboxylic acids is 3. The second kappa shape index (κ2) is 26.4. The third kappa shape index (κ3) is 17.4. The van der Waals surface area contributed by atoms with E-state index in [0.29, 0.717) is 94.0 Å². The highest BCUT2D eigenvalue weighted by Gasteiger charge is 2.35. The lowest BCUT2D eigenvalue weighted by Gasteiger charge is -2.35. The van der Waals surface area contributed by atoms with Gasteiger partial charge in [-0.25, -0.2) is 38.3 Å². The number of alkyl carbamates (subject to hydrolysis) is 1. The number of ether oxygens (including phenoxy) is 4. The van der Waals surface area contributed by atoms with Crippen molar-refractivity contribution in [3.05, 3.63) is 83.9 Å². The minimum atomic E-state index is -1.26. The quantitative estimate of drug-likeness (QED) is 0.0353. The van der Waals surface area contributed by atoms with E-state index in [9.17, 15) is 33.1 Å². The molecule has 0 radical (unpaired) electrons. The summed E-state index contributed by atoms with van der Waals surface area (Å²) in [5, 5.41) is 26.0. The molecule has 8 aromatic rings. The van der Waals surface area contributed by atoms with Crippen molar-refractivity contribution in [2.75, 3.05) is 13.2 Å². The number of nitrogens with zero attached hydrogens (tertiary/aromatic N) is 10. The summed E-state index contributed by atoms with van der Waals surface area (Å²) in [4.78, 5) is 67.4. The van der Waals surface area contributed by atoms with Crippen molar-refractivity contribution in [2.45, 2.75) is 168 Å². The minimum Gasteiger partial charge on any atom is -0.478 e. The average molecular weight is 1240 g/mol. The maximum absolute atomic E-state index is 13.9. The van der Waals surface area contributed by atoms with Crippen molar-refractivity contribution in [2.24, 2.45) is 25.7 Å². The first-order valence-electron chi connectivity index (χ1n) is 29.3. The Bertz CT molecular complexity index is 3800. The Morgan fingerprint density at radius 1 is 0.667 bits per heavy atom. The number of halogens is 2. The molecule has 2 amide bonds. The van der Waals surface area contributed by atoms with E-state index in [1.165, 1.54) is 30.5 Å². The van der Waals surface area contributed by atoms with E-state index in [4.69, 9.17) is 29.7 Å². The molecule has 2 aromatic carbocycles. The van der Waals surface area contributed by atoms with Crippen molar-refractivity contribution in [3.63, 3.8) is 0 Å². The second-order valence-corrected chi connectivity index (χ2v) is 38.3. The van der Waals surface area contributed by atoms with E-state index in [2.05, 4.69) is 75.1 Å². The molecule has 2 aliphatic carbocycles. The predicted octanol–water partition coefficient (Wildman–Crippen LogP) is 10.8. The molecule has 2 fully saturated rings. The number of benzene rings is 2. The van der Waals surface area contributed by atoms with Gasteiger partial charge in [0.1, 0.15) is 75.7 Å². The van der Waals surface area contributed by atoms with Gasteiger partial charge in [0.05, 0.1) is 29.0 Å². The molecule has 0 unspecified atom stereocenters. The molecule has 0 bridgehead atoms. The highest BCUT2D eigenvalue weighted by atomic mass is 28.3. The molecule has 2 saturated carbocycles. The molecule has 0 aliphatic heterocycles. The number of rotatable bonds is 18. The van der Waals surface area contributed by atoms with E-state index in [0.717, 1.165) is 30.3 Å². The van der Waals surface area contributed by atoms with Crippen LogP contribution in [0.5, 0.6) is 0 Å². The van der Waals surface area contributed by atoms with Crippen LogP contribution in [-0.4, -0.2) is 136 Å². The fourth-order valence-electron chi connectivity index (χ4n) is 9.93. The van der Waals surface area contributed by atoms with Crippen molar-refractivity contribution in [1.29, 1.82) is 0 Å². The zero-order valence-electron chi connectivity index (χ0n) is 52.4. The number of nitrogens with one attached hydrogen (secondary N) is 2. The fraction of sp³-hybridized carbons (Fsp3) is 0.508. The topological polar surface area (TPSA) is 273 Å². The van der Waals surface area contributed by atoms with Crippen molar-refractivity contribution < 1.29 is 52.0 Å². The van der Waals surface area contributed by atoms with Gasteiger partial charge in [-0.05, 0) is 122 Å². The maximum atomic E-state index is 13.9. The Kier molecular flexibility index (Phi) is 19.9. The van der Waals surface area contributed by atoms with Crippen LogP contribution in [0.1, 0.15) is 94.4 Å². The number of hydrogen-bond acceptors (Lipinski definition) is 15. The van der Waals surface area contributed by atoms with Crippen molar-refractivity contribution >= 4 is 84.2 Å². The first-order valence-corrected chi connectivity index (χ1v) is 36.7. The van der Waals surface area contributed by atoms with E-state index in [1.54, 1.807) is 58.7 Å². The van der Waals surface area contributed by atoms with Crippen LogP contribution in [0.25, 0.3) is 66.9 Å². The largest absolute Gasteiger partial charge is 0.478 e. The summed E-state index contributed by atoms with van der Waals surface area (Å²) in [6, 6.07) is 11.3. The summed E-state index contributed by atoms with van der Waals surface area (Å²) in [5.74, 6) is -2.10. The summed E-state index contributed by atoms with van der Waals surface area (Å²) in [6.07, 6.45) is 9.54. The van der Waals surface area contributed by atoms with Crippen LogP contribution in [-0.2, 0) is 51.3 Å². The zero-order valence-corrected chi connectivity index (χ0v) is 54.4. The van der Waals surface area contributed by atoms with Crippen LogP contribution in [0.4, 0.5) is 13.6 Å². The van der Waals surface area contributed by atoms with Crippen LogP contribution in [0.2, 0.25) is 51.4 Å². The van der Waals surface area contributed by atoms with Gasteiger partial charge in [0.15, 0.2) is 11.3 Å².